The molecule has 1 fully saturated rings. The fourth-order valence-corrected chi connectivity index (χ4v) is 2.51. The van der Waals surface area contributed by atoms with Crippen LogP contribution in [-0.4, -0.2) is 38.9 Å². The Morgan fingerprint density at radius 3 is 2.61 bits per heavy atom. The van der Waals surface area contributed by atoms with Gasteiger partial charge in [0, 0.05) is 13.2 Å². The number of hydrogen-bond acceptors (Lipinski definition) is 4. The lowest BCUT2D eigenvalue weighted by atomic mass is 9.96. The molecule has 1 rings (SSSR count). The van der Waals surface area contributed by atoms with Gasteiger partial charge in [0.1, 0.15) is 5.54 Å². The van der Waals surface area contributed by atoms with Crippen molar-refractivity contribution < 1.29 is 14.3 Å². The number of hydrogen-bond donors (Lipinski definition) is 1. The Labute approximate surface area is 110 Å². The Bertz CT molecular complexity index is 251. The Kier molecular flexibility index (Phi) is 6.65. The molecular formula is C14H27NO3. The molecule has 0 aliphatic heterocycles. The summed E-state index contributed by atoms with van der Waals surface area (Å²) in [6, 6.07) is 0. The topological polar surface area (TPSA) is 47.6 Å². The highest BCUT2D eigenvalue weighted by Gasteiger charge is 2.31. The lowest BCUT2D eigenvalue weighted by molar-refractivity contribution is -0.148. The van der Waals surface area contributed by atoms with Crippen molar-refractivity contribution in [1.82, 2.24) is 5.32 Å². The van der Waals surface area contributed by atoms with Gasteiger partial charge in [0.05, 0.1) is 7.11 Å². The van der Waals surface area contributed by atoms with Gasteiger partial charge in [0.15, 0.2) is 0 Å². The van der Waals surface area contributed by atoms with Crippen LogP contribution in [-0.2, 0) is 14.3 Å². The highest BCUT2D eigenvalue weighted by Crippen LogP contribution is 2.24. The van der Waals surface area contributed by atoms with Crippen molar-refractivity contribution in [2.75, 3.05) is 27.4 Å². The van der Waals surface area contributed by atoms with Crippen molar-refractivity contribution in [3.05, 3.63) is 0 Å². The zero-order chi connectivity index (χ0) is 13.4. The second kappa shape index (κ2) is 7.74. The van der Waals surface area contributed by atoms with E-state index in [1.54, 1.807) is 7.05 Å². The van der Waals surface area contributed by atoms with Crippen LogP contribution < -0.4 is 5.32 Å². The van der Waals surface area contributed by atoms with Crippen molar-refractivity contribution >= 4 is 5.97 Å². The summed E-state index contributed by atoms with van der Waals surface area (Å²) in [7, 11) is 3.21. The summed E-state index contributed by atoms with van der Waals surface area (Å²) < 4.78 is 10.5. The fourth-order valence-electron chi connectivity index (χ4n) is 2.51. The molecule has 1 aliphatic rings. The number of carbonyl (C=O) groups excluding carboxylic acids is 1. The van der Waals surface area contributed by atoms with Gasteiger partial charge in [-0.25, -0.2) is 0 Å². The van der Waals surface area contributed by atoms with Gasteiger partial charge in [-0.3, -0.25) is 4.79 Å². The SMILES string of the molecule is CNC(C)(CCCOCC1CCCC1)C(=O)OC. The molecule has 18 heavy (non-hydrogen) atoms. The first-order valence-corrected chi connectivity index (χ1v) is 6.97. The van der Waals surface area contributed by atoms with E-state index in [1.807, 2.05) is 6.92 Å². The van der Waals surface area contributed by atoms with Crippen molar-refractivity contribution in [2.45, 2.75) is 51.0 Å². The minimum Gasteiger partial charge on any atom is -0.468 e. The van der Waals surface area contributed by atoms with E-state index >= 15 is 0 Å². The molecule has 106 valence electrons. The van der Waals surface area contributed by atoms with Crippen molar-refractivity contribution in [3.63, 3.8) is 0 Å². The van der Waals surface area contributed by atoms with E-state index in [-0.39, 0.29) is 5.97 Å². The van der Waals surface area contributed by atoms with Crippen LogP contribution in [0, 0.1) is 5.92 Å². The van der Waals surface area contributed by atoms with Gasteiger partial charge in [-0.1, -0.05) is 12.8 Å². The Morgan fingerprint density at radius 2 is 2.06 bits per heavy atom. The number of nitrogens with one attached hydrogen (secondary N) is 1. The zero-order valence-electron chi connectivity index (χ0n) is 12.0. The summed E-state index contributed by atoms with van der Waals surface area (Å²) >= 11 is 0. The number of esters is 1. The molecule has 0 aromatic rings. The standard InChI is InChI=1S/C14H27NO3/c1-14(15-2,13(16)17-3)9-6-10-18-11-12-7-4-5-8-12/h12,15H,4-11H2,1-3H3. The van der Waals surface area contributed by atoms with E-state index in [9.17, 15) is 4.79 Å². The zero-order valence-corrected chi connectivity index (χ0v) is 12.0. The molecule has 1 unspecified atom stereocenters. The molecule has 1 saturated carbocycles. The third-order valence-electron chi connectivity index (χ3n) is 3.98. The van der Waals surface area contributed by atoms with Gasteiger partial charge in [0.2, 0.25) is 0 Å². The Hall–Kier alpha value is -0.610. The van der Waals surface area contributed by atoms with E-state index in [0.29, 0.717) is 0 Å². The van der Waals surface area contributed by atoms with Crippen molar-refractivity contribution in [1.29, 1.82) is 0 Å². The van der Waals surface area contributed by atoms with E-state index < -0.39 is 5.54 Å². The van der Waals surface area contributed by atoms with Gasteiger partial charge >= 0.3 is 5.97 Å². The number of ether oxygens (including phenoxy) is 2. The summed E-state index contributed by atoms with van der Waals surface area (Å²) in [5, 5.41) is 3.03. The summed E-state index contributed by atoms with van der Waals surface area (Å²) in [5.41, 5.74) is -0.592. The number of methoxy groups -OCH3 is 1. The van der Waals surface area contributed by atoms with Crippen molar-refractivity contribution in [3.8, 4) is 0 Å². The van der Waals surface area contributed by atoms with Crippen LogP contribution in [0.15, 0.2) is 0 Å². The third kappa shape index (κ3) is 4.58. The average molecular weight is 257 g/mol. The van der Waals surface area contributed by atoms with Crippen LogP contribution in [0.1, 0.15) is 45.4 Å². The highest BCUT2D eigenvalue weighted by molar-refractivity contribution is 5.80. The fraction of sp³-hybridized carbons (Fsp3) is 0.929. The quantitative estimate of drug-likeness (QED) is 0.534. The molecule has 1 N–H and O–H groups in total. The maximum atomic E-state index is 11.6. The normalized spacial score (nSPS) is 19.7. The minimum atomic E-state index is -0.592. The molecule has 0 aromatic heterocycles. The number of rotatable bonds is 8. The first-order chi connectivity index (χ1) is 8.62. The first kappa shape index (κ1) is 15.4. The van der Waals surface area contributed by atoms with Crippen molar-refractivity contribution in [2.24, 2.45) is 5.92 Å². The number of likely N-dealkylation sites (N-methyl/N-ethyl adjacent to an activating group) is 1. The largest absolute Gasteiger partial charge is 0.468 e. The molecule has 1 aliphatic carbocycles. The van der Waals surface area contributed by atoms with E-state index in [2.05, 4.69) is 5.32 Å². The molecule has 0 saturated heterocycles. The van der Waals surface area contributed by atoms with Gasteiger partial charge in [-0.2, -0.15) is 0 Å². The maximum absolute atomic E-state index is 11.6. The molecule has 1 atom stereocenters. The molecule has 4 nitrogen and oxygen atoms in total. The van der Waals surface area contributed by atoms with Crippen LogP contribution >= 0.6 is 0 Å². The Balaban J connectivity index is 2.13. The molecule has 4 heteroatoms. The second-order valence-corrected chi connectivity index (χ2v) is 5.40. The predicted octanol–water partition coefficient (Wildman–Crippen LogP) is 2.12. The van der Waals surface area contributed by atoms with E-state index in [1.165, 1.54) is 32.8 Å². The highest BCUT2D eigenvalue weighted by atomic mass is 16.5. The minimum absolute atomic E-state index is 0.208. The summed E-state index contributed by atoms with van der Waals surface area (Å²) in [6.07, 6.45) is 6.95. The van der Waals surface area contributed by atoms with Crippen LogP contribution in [0.4, 0.5) is 0 Å². The monoisotopic (exact) mass is 257 g/mol. The van der Waals surface area contributed by atoms with E-state index in [0.717, 1.165) is 32.0 Å². The average Bonchev–Trinajstić information content (AvgIpc) is 2.90. The van der Waals surface area contributed by atoms with Gasteiger partial charge in [0.25, 0.3) is 0 Å². The van der Waals surface area contributed by atoms with Crippen LogP contribution in [0.5, 0.6) is 0 Å². The van der Waals surface area contributed by atoms with Crippen LogP contribution in [0.3, 0.4) is 0 Å². The van der Waals surface area contributed by atoms with Gasteiger partial charge < -0.3 is 14.8 Å². The molecule has 0 spiro atoms. The molecule has 0 heterocycles. The van der Waals surface area contributed by atoms with E-state index in [4.69, 9.17) is 9.47 Å². The van der Waals surface area contributed by atoms with Crippen LogP contribution in [0.2, 0.25) is 0 Å². The molecular weight excluding hydrogens is 230 g/mol. The molecule has 0 aromatic carbocycles. The summed E-state index contributed by atoms with van der Waals surface area (Å²) in [5.74, 6) is 0.557. The second-order valence-electron chi connectivity index (χ2n) is 5.40. The first-order valence-electron chi connectivity index (χ1n) is 6.97. The Morgan fingerprint density at radius 1 is 1.39 bits per heavy atom. The predicted molar refractivity (Wildman–Crippen MR) is 71.5 cm³/mol. The smallest absolute Gasteiger partial charge is 0.325 e. The molecule has 0 radical (unpaired) electrons. The molecule has 0 bridgehead atoms. The van der Waals surface area contributed by atoms with Gasteiger partial charge in [-0.05, 0) is 45.6 Å². The summed E-state index contributed by atoms with van der Waals surface area (Å²) in [4.78, 5) is 11.6. The number of carbonyl (C=O) groups is 1. The maximum Gasteiger partial charge on any atom is 0.325 e. The molecule has 0 amide bonds. The van der Waals surface area contributed by atoms with Crippen LogP contribution in [0.25, 0.3) is 0 Å². The lowest BCUT2D eigenvalue weighted by Gasteiger charge is -2.26. The third-order valence-corrected chi connectivity index (χ3v) is 3.98. The van der Waals surface area contributed by atoms with Gasteiger partial charge in [-0.15, -0.1) is 0 Å². The summed E-state index contributed by atoms with van der Waals surface area (Å²) in [6.45, 7) is 3.48. The lowest BCUT2D eigenvalue weighted by Crippen LogP contribution is -2.48.